The summed E-state index contributed by atoms with van der Waals surface area (Å²) >= 11 is 0. The maximum Gasteiger partial charge on any atom is 0.124 e. The molecule has 1 aromatic carbocycles. The summed E-state index contributed by atoms with van der Waals surface area (Å²) in [6, 6.07) is 7.29. The lowest BCUT2D eigenvalue weighted by molar-refractivity contribution is 0.397. The normalized spacial score (nSPS) is 12.0. The molecule has 0 fully saturated rings. The third-order valence-electron chi connectivity index (χ3n) is 3.17. The number of rotatable bonds is 4. The minimum atomic E-state index is -0.270. The average molecular weight is 258 g/mol. The van der Waals surface area contributed by atoms with Crippen molar-refractivity contribution in [2.75, 3.05) is 14.2 Å². The molecule has 0 aliphatic rings. The highest BCUT2D eigenvalue weighted by Gasteiger charge is 2.16. The Labute approximate surface area is 113 Å². The zero-order valence-electron chi connectivity index (χ0n) is 11.4. The van der Waals surface area contributed by atoms with E-state index in [0.717, 1.165) is 28.2 Å². The van der Waals surface area contributed by atoms with Gasteiger partial charge >= 0.3 is 0 Å². The Morgan fingerprint density at radius 1 is 1.11 bits per heavy atom. The van der Waals surface area contributed by atoms with Crippen LogP contribution in [0, 0.1) is 6.92 Å². The molecule has 0 spiro atoms. The zero-order valence-corrected chi connectivity index (χ0v) is 11.4. The Bertz CT molecular complexity index is 570. The van der Waals surface area contributed by atoms with Crippen LogP contribution < -0.4 is 15.2 Å². The largest absolute Gasteiger partial charge is 0.497 e. The zero-order chi connectivity index (χ0) is 13.8. The number of benzene rings is 1. The van der Waals surface area contributed by atoms with E-state index in [-0.39, 0.29) is 6.04 Å². The first kappa shape index (κ1) is 13.4. The van der Waals surface area contributed by atoms with E-state index in [2.05, 4.69) is 4.98 Å². The van der Waals surface area contributed by atoms with Gasteiger partial charge in [0.15, 0.2) is 0 Å². The van der Waals surface area contributed by atoms with Gasteiger partial charge in [-0.25, -0.2) is 0 Å². The highest BCUT2D eigenvalue weighted by atomic mass is 16.5. The van der Waals surface area contributed by atoms with Crippen molar-refractivity contribution >= 4 is 0 Å². The summed E-state index contributed by atoms with van der Waals surface area (Å²) in [7, 11) is 3.27. The lowest BCUT2D eigenvalue weighted by atomic mass is 9.96. The summed E-state index contributed by atoms with van der Waals surface area (Å²) in [5, 5.41) is 0. The number of hydrogen-bond donors (Lipinski definition) is 1. The van der Waals surface area contributed by atoms with Gasteiger partial charge in [-0.1, -0.05) is 0 Å². The lowest BCUT2D eigenvalue weighted by Crippen LogP contribution is -2.14. The monoisotopic (exact) mass is 258 g/mol. The Hall–Kier alpha value is -2.07. The summed E-state index contributed by atoms with van der Waals surface area (Å²) in [5.41, 5.74) is 9.34. The number of aromatic nitrogens is 1. The van der Waals surface area contributed by atoms with Crippen molar-refractivity contribution < 1.29 is 9.47 Å². The molecule has 2 rings (SSSR count). The standard InChI is InChI=1S/C15H18N2O2/c1-10-9-17-7-6-12(10)15(16)13-8-11(18-2)4-5-14(13)19-3/h4-9,15H,16H2,1-3H3. The van der Waals surface area contributed by atoms with Gasteiger partial charge in [-0.15, -0.1) is 0 Å². The van der Waals surface area contributed by atoms with E-state index in [1.807, 2.05) is 37.4 Å². The van der Waals surface area contributed by atoms with Crippen molar-refractivity contribution in [1.29, 1.82) is 0 Å². The molecule has 2 aromatic rings. The van der Waals surface area contributed by atoms with Crippen LogP contribution in [0.25, 0.3) is 0 Å². The number of ether oxygens (including phenoxy) is 2. The summed E-state index contributed by atoms with van der Waals surface area (Å²) < 4.78 is 10.6. The van der Waals surface area contributed by atoms with Gasteiger partial charge in [0.25, 0.3) is 0 Å². The van der Waals surface area contributed by atoms with E-state index in [0.29, 0.717) is 0 Å². The van der Waals surface area contributed by atoms with E-state index < -0.39 is 0 Å². The topological polar surface area (TPSA) is 57.4 Å². The highest BCUT2D eigenvalue weighted by Crippen LogP contribution is 2.32. The van der Waals surface area contributed by atoms with E-state index in [4.69, 9.17) is 15.2 Å². The fourth-order valence-electron chi connectivity index (χ4n) is 2.08. The Morgan fingerprint density at radius 2 is 1.89 bits per heavy atom. The van der Waals surface area contributed by atoms with E-state index >= 15 is 0 Å². The van der Waals surface area contributed by atoms with Crippen molar-refractivity contribution in [3.8, 4) is 11.5 Å². The second-order valence-electron chi connectivity index (χ2n) is 4.32. The first-order valence-electron chi connectivity index (χ1n) is 6.05. The third-order valence-corrected chi connectivity index (χ3v) is 3.17. The molecular weight excluding hydrogens is 240 g/mol. The number of nitrogens with zero attached hydrogens (tertiary/aromatic N) is 1. The number of aryl methyl sites for hydroxylation is 1. The highest BCUT2D eigenvalue weighted by molar-refractivity contribution is 5.46. The van der Waals surface area contributed by atoms with Crippen molar-refractivity contribution in [2.24, 2.45) is 5.73 Å². The Balaban J connectivity index is 2.48. The fraction of sp³-hybridized carbons (Fsp3) is 0.267. The smallest absolute Gasteiger partial charge is 0.124 e. The maximum atomic E-state index is 6.35. The molecule has 4 nitrogen and oxygen atoms in total. The predicted molar refractivity (Wildman–Crippen MR) is 74.6 cm³/mol. The lowest BCUT2D eigenvalue weighted by Gasteiger charge is -2.18. The maximum absolute atomic E-state index is 6.35. The summed E-state index contributed by atoms with van der Waals surface area (Å²) in [6.07, 6.45) is 3.55. The van der Waals surface area contributed by atoms with Crippen LogP contribution in [-0.4, -0.2) is 19.2 Å². The van der Waals surface area contributed by atoms with Crippen LogP contribution >= 0.6 is 0 Å². The molecule has 1 atom stereocenters. The van der Waals surface area contributed by atoms with Gasteiger partial charge in [-0.05, 0) is 42.3 Å². The van der Waals surface area contributed by atoms with Gasteiger partial charge in [0.1, 0.15) is 11.5 Å². The molecule has 4 heteroatoms. The van der Waals surface area contributed by atoms with Crippen molar-refractivity contribution in [1.82, 2.24) is 4.98 Å². The molecule has 0 bridgehead atoms. The average Bonchev–Trinajstić information content (AvgIpc) is 2.46. The van der Waals surface area contributed by atoms with Crippen LogP contribution in [-0.2, 0) is 0 Å². The number of pyridine rings is 1. The molecular formula is C15H18N2O2. The van der Waals surface area contributed by atoms with Crippen LogP contribution in [0.1, 0.15) is 22.7 Å². The Kier molecular flexibility index (Phi) is 4.02. The molecule has 2 N–H and O–H groups in total. The van der Waals surface area contributed by atoms with Crippen LogP contribution in [0.3, 0.4) is 0 Å². The molecule has 0 saturated carbocycles. The van der Waals surface area contributed by atoms with Crippen LogP contribution in [0.2, 0.25) is 0 Å². The van der Waals surface area contributed by atoms with Crippen LogP contribution in [0.5, 0.6) is 11.5 Å². The van der Waals surface area contributed by atoms with Gasteiger partial charge in [0.05, 0.1) is 20.3 Å². The van der Waals surface area contributed by atoms with Crippen LogP contribution in [0.4, 0.5) is 0 Å². The van der Waals surface area contributed by atoms with Gasteiger partial charge in [0.2, 0.25) is 0 Å². The minimum absolute atomic E-state index is 0.270. The molecule has 1 aromatic heterocycles. The first-order valence-corrected chi connectivity index (χ1v) is 6.05. The minimum Gasteiger partial charge on any atom is -0.497 e. The van der Waals surface area contributed by atoms with E-state index in [1.54, 1.807) is 20.4 Å². The second kappa shape index (κ2) is 5.71. The van der Waals surface area contributed by atoms with E-state index in [9.17, 15) is 0 Å². The molecule has 100 valence electrons. The molecule has 19 heavy (non-hydrogen) atoms. The van der Waals surface area contributed by atoms with Crippen molar-refractivity contribution in [3.63, 3.8) is 0 Å². The molecule has 0 radical (unpaired) electrons. The van der Waals surface area contributed by atoms with Crippen molar-refractivity contribution in [2.45, 2.75) is 13.0 Å². The summed E-state index contributed by atoms with van der Waals surface area (Å²) in [5.74, 6) is 1.52. The molecule has 0 aliphatic carbocycles. The SMILES string of the molecule is COc1ccc(OC)c(C(N)c2ccncc2C)c1. The summed E-state index contributed by atoms with van der Waals surface area (Å²) in [4.78, 5) is 4.09. The van der Waals surface area contributed by atoms with Gasteiger partial charge < -0.3 is 15.2 Å². The molecule has 1 heterocycles. The van der Waals surface area contributed by atoms with Gasteiger partial charge in [0, 0.05) is 18.0 Å². The second-order valence-corrected chi connectivity index (χ2v) is 4.32. The van der Waals surface area contributed by atoms with Gasteiger partial charge in [-0.2, -0.15) is 0 Å². The molecule has 1 unspecified atom stereocenters. The van der Waals surface area contributed by atoms with Gasteiger partial charge in [-0.3, -0.25) is 4.98 Å². The van der Waals surface area contributed by atoms with Crippen LogP contribution in [0.15, 0.2) is 36.7 Å². The third kappa shape index (κ3) is 2.69. The number of nitrogens with two attached hydrogens (primary N) is 1. The Morgan fingerprint density at radius 3 is 2.53 bits per heavy atom. The first-order chi connectivity index (χ1) is 9.17. The quantitative estimate of drug-likeness (QED) is 0.915. The molecule has 0 saturated heterocycles. The van der Waals surface area contributed by atoms with Crippen molar-refractivity contribution in [3.05, 3.63) is 53.3 Å². The fourth-order valence-corrected chi connectivity index (χ4v) is 2.08. The summed E-state index contributed by atoms with van der Waals surface area (Å²) in [6.45, 7) is 1.99. The number of hydrogen-bond acceptors (Lipinski definition) is 4. The molecule has 0 aliphatic heterocycles. The molecule has 0 amide bonds. The predicted octanol–water partition coefficient (Wildman–Crippen LogP) is 2.46. The van der Waals surface area contributed by atoms with E-state index in [1.165, 1.54) is 0 Å². The number of methoxy groups -OCH3 is 2.